The van der Waals surface area contributed by atoms with Crippen LogP contribution in [0.2, 0.25) is 0 Å². The van der Waals surface area contributed by atoms with Crippen LogP contribution in [0.25, 0.3) is 16.0 Å². The fraction of sp³-hybridized carbons (Fsp3) is 0.333. The Morgan fingerprint density at radius 1 is 1.21 bits per heavy atom. The first-order valence-electron chi connectivity index (χ1n) is 9.29. The average molecular weight is 376 g/mol. The Balaban J connectivity index is 1.68. The van der Waals surface area contributed by atoms with Crippen LogP contribution in [0.3, 0.4) is 0 Å². The number of aromatic nitrogens is 4. The van der Waals surface area contributed by atoms with Gasteiger partial charge in [0.25, 0.3) is 0 Å². The summed E-state index contributed by atoms with van der Waals surface area (Å²) in [6.07, 6.45) is 5.16. The predicted octanol–water partition coefficient (Wildman–Crippen LogP) is 4.26. The van der Waals surface area contributed by atoms with E-state index in [1.807, 2.05) is 30.7 Å². The van der Waals surface area contributed by atoms with Crippen molar-refractivity contribution in [3.05, 3.63) is 65.5 Å². The lowest BCUT2D eigenvalue weighted by molar-refractivity contribution is 0.474. The monoisotopic (exact) mass is 376 g/mol. The number of pyridine rings is 1. The fourth-order valence-electron chi connectivity index (χ4n) is 3.96. The maximum absolute atomic E-state index is 13.3. The quantitative estimate of drug-likeness (QED) is 0.506. The minimum atomic E-state index is -0.507. The molecule has 0 amide bonds. The van der Waals surface area contributed by atoms with Crippen LogP contribution in [-0.4, -0.2) is 32.8 Å². The maximum Gasteiger partial charge on any atom is 0.212 e. The molecule has 0 aliphatic carbocycles. The van der Waals surface area contributed by atoms with Gasteiger partial charge in [-0.15, -0.1) is 10.2 Å². The van der Waals surface area contributed by atoms with Gasteiger partial charge in [0.2, 0.25) is 11.6 Å². The summed E-state index contributed by atoms with van der Waals surface area (Å²) in [7, 11) is 1.97. The molecule has 0 spiro atoms. The summed E-state index contributed by atoms with van der Waals surface area (Å²) in [6, 6.07) is 7.05. The molecular formula is C21H21FN6. The van der Waals surface area contributed by atoms with Gasteiger partial charge in [-0.1, -0.05) is 17.7 Å². The minimum absolute atomic E-state index is 0.363. The maximum atomic E-state index is 13.3. The fourth-order valence-corrected chi connectivity index (χ4v) is 3.96. The van der Waals surface area contributed by atoms with E-state index < -0.39 is 5.95 Å². The molecule has 0 bridgehead atoms. The Labute approximate surface area is 163 Å². The molecule has 4 rings (SSSR count). The number of nitrogens with zero attached hydrogens (tertiary/aromatic N) is 6. The van der Waals surface area contributed by atoms with Gasteiger partial charge in [-0.3, -0.25) is 0 Å². The van der Waals surface area contributed by atoms with Gasteiger partial charge in [-0.25, -0.2) is 9.83 Å². The third kappa shape index (κ3) is 3.33. The van der Waals surface area contributed by atoms with E-state index in [2.05, 4.69) is 24.9 Å². The van der Waals surface area contributed by atoms with Crippen molar-refractivity contribution in [3.63, 3.8) is 0 Å². The molecular weight excluding hydrogens is 355 g/mol. The molecule has 1 saturated heterocycles. The molecule has 7 heteroatoms. The third-order valence-electron chi connectivity index (χ3n) is 5.32. The Morgan fingerprint density at radius 2 is 2.00 bits per heavy atom. The predicted molar refractivity (Wildman–Crippen MR) is 106 cm³/mol. The van der Waals surface area contributed by atoms with Crippen molar-refractivity contribution in [1.29, 1.82) is 0 Å². The normalized spacial score (nSPS) is 14.9. The second-order valence-electron chi connectivity index (χ2n) is 7.22. The minimum Gasteiger partial charge on any atom is -0.380 e. The second-order valence-corrected chi connectivity index (χ2v) is 7.22. The van der Waals surface area contributed by atoms with Crippen LogP contribution in [0.4, 0.5) is 15.8 Å². The summed E-state index contributed by atoms with van der Waals surface area (Å²) in [6.45, 7) is 11.3. The standard InChI is InChI=1S/C21H21FN6/c1-14-10-17(16-4-5-19(22)24-12-16)20(18(11-14)23-2)28-8-6-15(7-9-28)21-26-25-13-27(21)3/h4-5,10-13,15H,6-9H2,1,3H3. The number of rotatable bonds is 3. The SMILES string of the molecule is [C-]#[N+]c1cc(C)cc(-c2ccc(F)nc2)c1N1CCC(c2nncn2C)CC1. The largest absolute Gasteiger partial charge is 0.380 e. The average Bonchev–Trinajstić information content (AvgIpc) is 3.14. The second kappa shape index (κ2) is 7.39. The first-order valence-corrected chi connectivity index (χ1v) is 9.29. The van der Waals surface area contributed by atoms with Crippen molar-refractivity contribution in [2.75, 3.05) is 18.0 Å². The highest BCUT2D eigenvalue weighted by Gasteiger charge is 2.27. The molecule has 0 saturated carbocycles. The first kappa shape index (κ1) is 18.1. The van der Waals surface area contributed by atoms with Gasteiger partial charge in [0.05, 0.1) is 12.3 Å². The summed E-state index contributed by atoms with van der Waals surface area (Å²) < 4.78 is 15.3. The van der Waals surface area contributed by atoms with Crippen LogP contribution in [0.15, 0.2) is 36.8 Å². The number of hydrogen-bond donors (Lipinski definition) is 0. The van der Waals surface area contributed by atoms with E-state index in [0.717, 1.165) is 54.1 Å². The number of anilines is 1. The lowest BCUT2D eigenvalue weighted by Gasteiger charge is -2.35. The lowest BCUT2D eigenvalue weighted by Crippen LogP contribution is -2.34. The summed E-state index contributed by atoms with van der Waals surface area (Å²) in [4.78, 5) is 9.84. The topological polar surface area (TPSA) is 51.2 Å². The van der Waals surface area contributed by atoms with Gasteiger partial charge in [-0.05, 0) is 37.5 Å². The van der Waals surface area contributed by atoms with Crippen LogP contribution in [0.1, 0.15) is 30.1 Å². The zero-order valence-electron chi connectivity index (χ0n) is 15.9. The van der Waals surface area contributed by atoms with Gasteiger partial charge in [0.1, 0.15) is 12.2 Å². The van der Waals surface area contributed by atoms with E-state index in [0.29, 0.717) is 11.6 Å². The highest BCUT2D eigenvalue weighted by atomic mass is 19.1. The van der Waals surface area contributed by atoms with Crippen molar-refractivity contribution in [2.24, 2.45) is 7.05 Å². The summed E-state index contributed by atoms with van der Waals surface area (Å²) in [5, 5.41) is 8.25. The van der Waals surface area contributed by atoms with E-state index in [9.17, 15) is 4.39 Å². The number of piperidine rings is 1. The molecule has 1 aromatic carbocycles. The molecule has 0 unspecified atom stereocenters. The Bertz CT molecular complexity index is 1030. The van der Waals surface area contributed by atoms with Crippen molar-refractivity contribution in [3.8, 4) is 11.1 Å². The van der Waals surface area contributed by atoms with Gasteiger partial charge in [0, 0.05) is 37.8 Å². The highest BCUT2D eigenvalue weighted by molar-refractivity contribution is 5.89. The number of hydrogen-bond acceptors (Lipinski definition) is 4. The molecule has 1 fully saturated rings. The first-order chi connectivity index (χ1) is 13.6. The van der Waals surface area contributed by atoms with Gasteiger partial charge in [0.15, 0.2) is 0 Å². The molecule has 2 aromatic heterocycles. The van der Waals surface area contributed by atoms with Crippen molar-refractivity contribution in [1.82, 2.24) is 19.7 Å². The zero-order chi connectivity index (χ0) is 19.7. The van der Waals surface area contributed by atoms with E-state index in [1.165, 1.54) is 12.3 Å². The highest BCUT2D eigenvalue weighted by Crippen LogP contribution is 2.42. The molecule has 142 valence electrons. The molecule has 0 N–H and O–H groups in total. The van der Waals surface area contributed by atoms with E-state index >= 15 is 0 Å². The van der Waals surface area contributed by atoms with E-state index in [4.69, 9.17) is 6.57 Å². The smallest absolute Gasteiger partial charge is 0.212 e. The molecule has 3 heterocycles. The number of halogens is 1. The Hall–Kier alpha value is -3.27. The van der Waals surface area contributed by atoms with Gasteiger partial charge < -0.3 is 9.47 Å². The molecule has 3 aromatic rings. The molecule has 0 atom stereocenters. The lowest BCUT2D eigenvalue weighted by atomic mass is 9.93. The molecule has 1 aliphatic heterocycles. The van der Waals surface area contributed by atoms with Crippen molar-refractivity contribution in [2.45, 2.75) is 25.7 Å². The van der Waals surface area contributed by atoms with Gasteiger partial charge >= 0.3 is 0 Å². The van der Waals surface area contributed by atoms with E-state index in [1.54, 1.807) is 12.4 Å². The number of benzene rings is 1. The summed E-state index contributed by atoms with van der Waals surface area (Å²) in [5.74, 6) is 0.867. The van der Waals surface area contributed by atoms with Crippen LogP contribution >= 0.6 is 0 Å². The summed E-state index contributed by atoms with van der Waals surface area (Å²) in [5.41, 5.74) is 4.28. The molecule has 6 nitrogen and oxygen atoms in total. The molecule has 0 radical (unpaired) electrons. The van der Waals surface area contributed by atoms with Crippen molar-refractivity contribution < 1.29 is 4.39 Å². The number of aryl methyl sites for hydroxylation is 2. The van der Waals surface area contributed by atoms with E-state index in [-0.39, 0.29) is 0 Å². The van der Waals surface area contributed by atoms with Crippen LogP contribution in [0, 0.1) is 19.4 Å². The third-order valence-corrected chi connectivity index (χ3v) is 5.32. The van der Waals surface area contributed by atoms with Gasteiger partial charge in [-0.2, -0.15) is 4.39 Å². The Morgan fingerprint density at radius 3 is 2.61 bits per heavy atom. The van der Waals surface area contributed by atoms with Crippen molar-refractivity contribution >= 4 is 11.4 Å². The van der Waals surface area contributed by atoms with Crippen LogP contribution in [0.5, 0.6) is 0 Å². The zero-order valence-corrected chi connectivity index (χ0v) is 15.9. The Kier molecular flexibility index (Phi) is 4.78. The molecule has 28 heavy (non-hydrogen) atoms. The molecule has 1 aliphatic rings. The summed E-state index contributed by atoms with van der Waals surface area (Å²) >= 11 is 0. The van der Waals surface area contributed by atoms with Crippen LogP contribution in [-0.2, 0) is 7.05 Å². The van der Waals surface area contributed by atoms with Crippen LogP contribution < -0.4 is 4.90 Å².